The van der Waals surface area contributed by atoms with Gasteiger partial charge in [0.25, 0.3) is 0 Å². The average molecular weight is 216 g/mol. The first-order valence-corrected chi connectivity index (χ1v) is 5.46. The first-order chi connectivity index (χ1) is 6.95. The van der Waals surface area contributed by atoms with Crippen LogP contribution in [0.1, 0.15) is 33.6 Å². The number of hydrogen-bond acceptors (Lipinski definition) is 3. The lowest BCUT2D eigenvalue weighted by Gasteiger charge is -2.20. The van der Waals surface area contributed by atoms with Gasteiger partial charge in [-0.2, -0.15) is 0 Å². The van der Waals surface area contributed by atoms with Crippen molar-refractivity contribution in [3.63, 3.8) is 0 Å². The molecular formula is C11H24N2O2. The van der Waals surface area contributed by atoms with Crippen molar-refractivity contribution in [3.05, 3.63) is 0 Å². The minimum absolute atomic E-state index is 0.0988. The normalized spacial score (nSPS) is 11.5. The summed E-state index contributed by atoms with van der Waals surface area (Å²) in [7, 11) is 1.69. The molecular weight excluding hydrogens is 192 g/mol. The summed E-state index contributed by atoms with van der Waals surface area (Å²) in [6, 6.07) is 0. The molecule has 4 heteroatoms. The van der Waals surface area contributed by atoms with E-state index in [1.807, 2.05) is 20.8 Å². The predicted molar refractivity (Wildman–Crippen MR) is 61.9 cm³/mol. The van der Waals surface area contributed by atoms with Crippen LogP contribution in [-0.2, 0) is 9.53 Å². The molecule has 0 unspecified atom stereocenters. The fourth-order valence-corrected chi connectivity index (χ4v) is 1.15. The third-order valence-electron chi connectivity index (χ3n) is 1.75. The molecule has 0 fully saturated rings. The second-order valence-electron chi connectivity index (χ2n) is 4.64. The number of nitrogens with one attached hydrogen (secondary N) is 2. The minimum Gasteiger partial charge on any atom is -0.385 e. The quantitative estimate of drug-likeness (QED) is 0.622. The summed E-state index contributed by atoms with van der Waals surface area (Å²) in [5, 5.41) is 6.11. The van der Waals surface area contributed by atoms with Crippen LogP contribution in [-0.4, -0.2) is 38.3 Å². The van der Waals surface area contributed by atoms with E-state index in [0.717, 1.165) is 26.1 Å². The average Bonchev–Trinajstić information content (AvgIpc) is 2.08. The van der Waals surface area contributed by atoms with Crippen LogP contribution in [0.4, 0.5) is 0 Å². The third-order valence-corrected chi connectivity index (χ3v) is 1.75. The van der Waals surface area contributed by atoms with Gasteiger partial charge in [0.05, 0.1) is 0 Å². The molecule has 0 spiro atoms. The zero-order valence-electron chi connectivity index (χ0n) is 10.4. The lowest BCUT2D eigenvalue weighted by molar-refractivity contribution is -0.122. The Morgan fingerprint density at radius 1 is 1.27 bits per heavy atom. The maximum absolute atomic E-state index is 11.4. The molecule has 0 heterocycles. The van der Waals surface area contributed by atoms with Gasteiger partial charge >= 0.3 is 0 Å². The topological polar surface area (TPSA) is 50.4 Å². The molecule has 4 nitrogen and oxygen atoms in total. The molecule has 0 aromatic rings. The maximum Gasteiger partial charge on any atom is 0.221 e. The number of carbonyl (C=O) groups excluding carboxylic acids is 1. The van der Waals surface area contributed by atoms with Crippen molar-refractivity contribution in [1.82, 2.24) is 10.6 Å². The van der Waals surface area contributed by atoms with Crippen LogP contribution in [0.15, 0.2) is 0 Å². The van der Waals surface area contributed by atoms with E-state index in [2.05, 4.69) is 10.6 Å². The van der Waals surface area contributed by atoms with Gasteiger partial charge in [-0.15, -0.1) is 0 Å². The summed E-state index contributed by atoms with van der Waals surface area (Å²) in [5.74, 6) is 0.0988. The van der Waals surface area contributed by atoms with Gasteiger partial charge in [0.1, 0.15) is 0 Å². The van der Waals surface area contributed by atoms with E-state index in [4.69, 9.17) is 4.74 Å². The molecule has 0 bridgehead atoms. The standard InChI is InChI=1S/C11H24N2O2/c1-11(2,3)13-10(14)6-8-12-7-5-9-15-4/h12H,5-9H2,1-4H3,(H,13,14). The van der Waals surface area contributed by atoms with Crippen molar-refractivity contribution in [2.75, 3.05) is 26.8 Å². The Balaban J connectivity index is 3.32. The summed E-state index contributed by atoms with van der Waals surface area (Å²) < 4.78 is 4.92. The number of methoxy groups -OCH3 is 1. The van der Waals surface area contributed by atoms with Crippen LogP contribution in [0.25, 0.3) is 0 Å². The van der Waals surface area contributed by atoms with Crippen molar-refractivity contribution in [2.45, 2.75) is 39.2 Å². The van der Waals surface area contributed by atoms with Crippen molar-refractivity contribution < 1.29 is 9.53 Å². The van der Waals surface area contributed by atoms with Gasteiger partial charge in [-0.25, -0.2) is 0 Å². The number of ether oxygens (including phenoxy) is 1. The number of hydrogen-bond donors (Lipinski definition) is 2. The Hall–Kier alpha value is -0.610. The third kappa shape index (κ3) is 11.3. The van der Waals surface area contributed by atoms with Crippen LogP contribution >= 0.6 is 0 Å². The molecule has 0 atom stereocenters. The first-order valence-electron chi connectivity index (χ1n) is 5.46. The maximum atomic E-state index is 11.4. The van der Waals surface area contributed by atoms with E-state index in [-0.39, 0.29) is 11.4 Å². The van der Waals surface area contributed by atoms with Crippen molar-refractivity contribution in [3.8, 4) is 0 Å². The molecule has 0 aromatic heterocycles. The molecule has 2 N–H and O–H groups in total. The minimum atomic E-state index is -0.132. The highest BCUT2D eigenvalue weighted by molar-refractivity contribution is 5.76. The molecule has 15 heavy (non-hydrogen) atoms. The summed E-state index contributed by atoms with van der Waals surface area (Å²) >= 11 is 0. The predicted octanol–water partition coefficient (Wildman–Crippen LogP) is 0.917. The van der Waals surface area contributed by atoms with Crippen LogP contribution in [0.5, 0.6) is 0 Å². The summed E-state index contributed by atoms with van der Waals surface area (Å²) in [4.78, 5) is 11.4. The van der Waals surface area contributed by atoms with E-state index in [0.29, 0.717) is 6.42 Å². The smallest absolute Gasteiger partial charge is 0.221 e. The van der Waals surface area contributed by atoms with Crippen LogP contribution in [0.2, 0.25) is 0 Å². The molecule has 90 valence electrons. The monoisotopic (exact) mass is 216 g/mol. The van der Waals surface area contributed by atoms with Gasteiger partial charge in [-0.3, -0.25) is 4.79 Å². The Morgan fingerprint density at radius 2 is 1.93 bits per heavy atom. The van der Waals surface area contributed by atoms with E-state index in [1.54, 1.807) is 7.11 Å². The first kappa shape index (κ1) is 14.4. The Bertz CT molecular complexity index is 176. The van der Waals surface area contributed by atoms with Crippen LogP contribution in [0, 0.1) is 0 Å². The van der Waals surface area contributed by atoms with E-state index in [9.17, 15) is 4.79 Å². The summed E-state index contributed by atoms with van der Waals surface area (Å²) in [5.41, 5.74) is -0.132. The lowest BCUT2D eigenvalue weighted by Crippen LogP contribution is -2.41. The molecule has 0 aliphatic heterocycles. The van der Waals surface area contributed by atoms with Crippen LogP contribution < -0.4 is 10.6 Å². The van der Waals surface area contributed by atoms with Gasteiger partial charge < -0.3 is 15.4 Å². The van der Waals surface area contributed by atoms with Crippen molar-refractivity contribution in [1.29, 1.82) is 0 Å². The summed E-state index contributed by atoms with van der Waals surface area (Å²) in [6.07, 6.45) is 1.52. The van der Waals surface area contributed by atoms with E-state index in [1.165, 1.54) is 0 Å². The second-order valence-corrected chi connectivity index (χ2v) is 4.64. The van der Waals surface area contributed by atoms with Gasteiger partial charge in [0.2, 0.25) is 5.91 Å². The van der Waals surface area contributed by atoms with Crippen LogP contribution in [0.3, 0.4) is 0 Å². The highest BCUT2D eigenvalue weighted by Gasteiger charge is 2.12. The van der Waals surface area contributed by atoms with Crippen molar-refractivity contribution >= 4 is 5.91 Å². The largest absolute Gasteiger partial charge is 0.385 e. The second kappa shape index (κ2) is 7.65. The van der Waals surface area contributed by atoms with Gasteiger partial charge in [0.15, 0.2) is 0 Å². The van der Waals surface area contributed by atoms with Gasteiger partial charge in [-0.05, 0) is 33.7 Å². The Kier molecular flexibility index (Phi) is 7.34. The zero-order chi connectivity index (χ0) is 11.7. The highest BCUT2D eigenvalue weighted by Crippen LogP contribution is 1.98. The molecule has 0 saturated carbocycles. The lowest BCUT2D eigenvalue weighted by atomic mass is 10.1. The van der Waals surface area contributed by atoms with Crippen molar-refractivity contribution in [2.24, 2.45) is 0 Å². The molecule has 0 aliphatic rings. The van der Waals surface area contributed by atoms with Gasteiger partial charge in [0, 0.05) is 32.2 Å². The fourth-order valence-electron chi connectivity index (χ4n) is 1.15. The summed E-state index contributed by atoms with van der Waals surface area (Å²) in [6.45, 7) is 8.34. The molecule has 0 rings (SSSR count). The van der Waals surface area contributed by atoms with E-state index < -0.39 is 0 Å². The molecule has 0 aliphatic carbocycles. The van der Waals surface area contributed by atoms with Gasteiger partial charge in [-0.1, -0.05) is 0 Å². The fraction of sp³-hybridized carbons (Fsp3) is 0.909. The Labute approximate surface area is 92.8 Å². The number of carbonyl (C=O) groups is 1. The molecule has 0 saturated heterocycles. The SMILES string of the molecule is COCCCNCCC(=O)NC(C)(C)C. The molecule has 0 aromatic carbocycles. The molecule has 0 radical (unpaired) electrons. The zero-order valence-corrected chi connectivity index (χ0v) is 10.4. The Morgan fingerprint density at radius 3 is 2.47 bits per heavy atom. The van der Waals surface area contributed by atoms with E-state index >= 15 is 0 Å². The number of amides is 1. The highest BCUT2D eigenvalue weighted by atomic mass is 16.5. The number of rotatable bonds is 7. The molecule has 1 amide bonds.